The summed E-state index contributed by atoms with van der Waals surface area (Å²) in [5.41, 5.74) is 2.28. The number of nitrogens with zero attached hydrogens (tertiary/aromatic N) is 2. The van der Waals surface area contributed by atoms with Gasteiger partial charge < -0.3 is 15.3 Å². The van der Waals surface area contributed by atoms with Crippen molar-refractivity contribution in [1.82, 2.24) is 10.2 Å². The monoisotopic (exact) mass is 481 g/mol. The molecule has 1 aliphatic carbocycles. The van der Waals surface area contributed by atoms with Crippen LogP contribution < -0.4 is 5.32 Å². The average molecular weight is 482 g/mol. The van der Waals surface area contributed by atoms with E-state index in [2.05, 4.69) is 16.3 Å². The van der Waals surface area contributed by atoms with Gasteiger partial charge in [0.15, 0.2) is 0 Å². The highest BCUT2D eigenvalue weighted by Gasteiger charge is 2.40. The van der Waals surface area contributed by atoms with Gasteiger partial charge in [-0.1, -0.05) is 55.7 Å². The van der Waals surface area contributed by atoms with Gasteiger partial charge in [0.25, 0.3) is 5.69 Å². The molecule has 0 spiro atoms. The lowest BCUT2D eigenvalue weighted by molar-refractivity contribution is -0.384. The largest absolute Gasteiger partial charge is 0.389 e. The van der Waals surface area contributed by atoms with Crippen molar-refractivity contribution in [3.8, 4) is 11.1 Å². The van der Waals surface area contributed by atoms with Gasteiger partial charge in [-0.25, -0.2) is 0 Å². The summed E-state index contributed by atoms with van der Waals surface area (Å²) in [5.74, 6) is -0.0219. The molecule has 2 aromatic rings. The van der Waals surface area contributed by atoms with E-state index in [-0.39, 0.29) is 41.3 Å². The molecule has 1 heterocycles. The Hall–Kier alpha value is -1.70. The number of rotatable bonds is 6. The summed E-state index contributed by atoms with van der Waals surface area (Å²) >= 11 is 0. The first-order valence-corrected chi connectivity index (χ1v) is 11.1. The van der Waals surface area contributed by atoms with Gasteiger partial charge in [0, 0.05) is 50.8 Å². The van der Waals surface area contributed by atoms with Crippen molar-refractivity contribution in [1.29, 1.82) is 0 Å². The van der Waals surface area contributed by atoms with Crippen LogP contribution >= 0.6 is 24.8 Å². The number of aliphatic hydroxyl groups is 1. The van der Waals surface area contributed by atoms with Crippen LogP contribution in [0.5, 0.6) is 0 Å². The van der Waals surface area contributed by atoms with Crippen LogP contribution in [-0.2, 0) is 0 Å². The molecule has 0 aromatic heterocycles. The van der Waals surface area contributed by atoms with E-state index in [1.165, 1.54) is 12.5 Å². The van der Waals surface area contributed by atoms with Gasteiger partial charge in [-0.15, -0.1) is 24.8 Å². The number of hydrogen-bond donors (Lipinski definition) is 2. The molecule has 2 aromatic carbocycles. The van der Waals surface area contributed by atoms with Crippen molar-refractivity contribution in [2.45, 2.75) is 43.6 Å². The van der Waals surface area contributed by atoms with Crippen molar-refractivity contribution in [2.75, 3.05) is 32.7 Å². The minimum absolute atomic E-state index is 0. The normalized spacial score (nSPS) is 19.3. The van der Waals surface area contributed by atoms with Crippen LogP contribution in [0.3, 0.4) is 0 Å². The zero-order valence-electron chi connectivity index (χ0n) is 18.2. The smallest absolute Gasteiger partial charge is 0.270 e. The zero-order chi connectivity index (χ0) is 21.0. The van der Waals surface area contributed by atoms with Crippen LogP contribution in [0.1, 0.15) is 43.6 Å². The van der Waals surface area contributed by atoms with Crippen LogP contribution in [0.25, 0.3) is 11.1 Å². The third kappa shape index (κ3) is 6.00. The summed E-state index contributed by atoms with van der Waals surface area (Å²) in [7, 11) is 0. The molecule has 1 saturated heterocycles. The number of nitrogens with one attached hydrogen (secondary N) is 1. The minimum atomic E-state index is -0.736. The Morgan fingerprint density at radius 3 is 2.41 bits per heavy atom. The van der Waals surface area contributed by atoms with Crippen LogP contribution in [0.2, 0.25) is 0 Å². The van der Waals surface area contributed by atoms with Gasteiger partial charge in [0.05, 0.1) is 10.5 Å². The number of halogens is 2. The van der Waals surface area contributed by atoms with Crippen LogP contribution in [0.15, 0.2) is 48.5 Å². The molecule has 4 rings (SSSR count). The summed E-state index contributed by atoms with van der Waals surface area (Å²) in [6, 6.07) is 15.0. The standard InChI is InChI=1S/C24H31N3O3.2ClH/c28-24(11-4-1-5-12-24)23(18-26-15-13-25-14-16-26)22-10-3-2-9-21(22)19-7-6-8-20(17-19)27(29)30;;/h2-3,6-10,17,23,25,28H,1,4-5,11-16,18H2;2*1H. The number of benzene rings is 2. The Morgan fingerprint density at radius 2 is 1.72 bits per heavy atom. The first-order chi connectivity index (χ1) is 14.6. The van der Waals surface area contributed by atoms with E-state index in [0.717, 1.165) is 75.1 Å². The number of piperazine rings is 1. The predicted octanol–water partition coefficient (Wildman–Crippen LogP) is 4.79. The second-order valence-electron chi connectivity index (χ2n) is 8.66. The second kappa shape index (κ2) is 12.0. The Bertz CT molecular complexity index is 884. The summed E-state index contributed by atoms with van der Waals surface area (Å²) in [6.45, 7) is 4.70. The molecule has 0 radical (unpaired) electrons. The fourth-order valence-corrected chi connectivity index (χ4v) is 5.07. The van der Waals surface area contributed by atoms with Crippen LogP contribution in [-0.4, -0.2) is 53.3 Å². The molecule has 1 atom stereocenters. The highest BCUT2D eigenvalue weighted by atomic mass is 35.5. The maximum absolute atomic E-state index is 11.8. The van der Waals surface area contributed by atoms with Gasteiger partial charge in [0.2, 0.25) is 0 Å². The van der Waals surface area contributed by atoms with Crippen molar-refractivity contribution in [2.24, 2.45) is 0 Å². The number of non-ortho nitro benzene ring substituents is 1. The maximum atomic E-state index is 11.8. The molecule has 176 valence electrons. The number of hydrogen-bond acceptors (Lipinski definition) is 5. The number of nitro benzene ring substituents is 1. The maximum Gasteiger partial charge on any atom is 0.270 e. The third-order valence-corrected chi connectivity index (χ3v) is 6.72. The SMILES string of the molecule is Cl.Cl.O=[N+]([O-])c1cccc(-c2ccccc2C(CN2CCNCC2)C2(O)CCCCC2)c1. The van der Waals surface area contributed by atoms with Crippen molar-refractivity contribution >= 4 is 30.5 Å². The van der Waals surface area contributed by atoms with E-state index < -0.39 is 5.60 Å². The molecule has 0 amide bonds. The lowest BCUT2D eigenvalue weighted by Gasteiger charge is -2.43. The first-order valence-electron chi connectivity index (χ1n) is 11.1. The fourth-order valence-electron chi connectivity index (χ4n) is 5.07. The van der Waals surface area contributed by atoms with Crippen molar-refractivity contribution in [3.05, 3.63) is 64.2 Å². The van der Waals surface area contributed by atoms with Crippen molar-refractivity contribution < 1.29 is 10.0 Å². The molecular weight excluding hydrogens is 449 g/mol. The van der Waals surface area contributed by atoms with E-state index in [1.54, 1.807) is 12.1 Å². The van der Waals surface area contributed by atoms with Gasteiger partial charge in [-0.3, -0.25) is 10.1 Å². The van der Waals surface area contributed by atoms with Crippen LogP contribution in [0.4, 0.5) is 5.69 Å². The van der Waals surface area contributed by atoms with Crippen molar-refractivity contribution in [3.63, 3.8) is 0 Å². The summed E-state index contributed by atoms with van der Waals surface area (Å²) in [4.78, 5) is 13.4. The number of nitro groups is 1. The fraction of sp³-hybridized carbons (Fsp3) is 0.500. The highest BCUT2D eigenvalue weighted by molar-refractivity contribution is 5.85. The first kappa shape index (κ1) is 26.6. The molecule has 2 fully saturated rings. The zero-order valence-corrected chi connectivity index (χ0v) is 19.9. The van der Waals surface area contributed by atoms with E-state index in [1.807, 2.05) is 24.3 Å². The lowest BCUT2D eigenvalue weighted by Crippen LogP contribution is -2.49. The molecule has 32 heavy (non-hydrogen) atoms. The summed E-state index contributed by atoms with van der Waals surface area (Å²) in [6.07, 6.45) is 4.90. The Morgan fingerprint density at radius 1 is 1.03 bits per heavy atom. The van der Waals surface area contributed by atoms with E-state index in [4.69, 9.17) is 0 Å². The van der Waals surface area contributed by atoms with Gasteiger partial charge in [-0.05, 0) is 29.5 Å². The Balaban J connectivity index is 0.00000181. The highest BCUT2D eigenvalue weighted by Crippen LogP contribution is 2.43. The molecule has 1 aliphatic heterocycles. The van der Waals surface area contributed by atoms with Crippen LogP contribution in [0, 0.1) is 10.1 Å². The topological polar surface area (TPSA) is 78.6 Å². The molecule has 2 aliphatic rings. The van der Waals surface area contributed by atoms with Gasteiger partial charge >= 0.3 is 0 Å². The molecule has 1 saturated carbocycles. The second-order valence-corrected chi connectivity index (χ2v) is 8.66. The molecule has 1 unspecified atom stereocenters. The van der Waals surface area contributed by atoms with Gasteiger partial charge in [0.1, 0.15) is 0 Å². The molecule has 2 N–H and O–H groups in total. The lowest BCUT2D eigenvalue weighted by atomic mass is 9.71. The van der Waals surface area contributed by atoms with Gasteiger partial charge in [-0.2, -0.15) is 0 Å². The molecule has 8 heteroatoms. The Labute approximate surface area is 202 Å². The predicted molar refractivity (Wildman–Crippen MR) is 133 cm³/mol. The minimum Gasteiger partial charge on any atom is -0.389 e. The summed E-state index contributed by atoms with van der Waals surface area (Å²) < 4.78 is 0. The quantitative estimate of drug-likeness (QED) is 0.457. The van der Waals surface area contributed by atoms with E-state index >= 15 is 0 Å². The Kier molecular flexibility index (Phi) is 9.92. The van der Waals surface area contributed by atoms with E-state index in [9.17, 15) is 15.2 Å². The van der Waals surface area contributed by atoms with E-state index in [0.29, 0.717) is 0 Å². The molecule has 0 bridgehead atoms. The molecule has 6 nitrogen and oxygen atoms in total. The summed E-state index contributed by atoms with van der Waals surface area (Å²) in [5, 5.41) is 26.5. The molecular formula is C24H33Cl2N3O3. The average Bonchev–Trinajstić information content (AvgIpc) is 2.79. The third-order valence-electron chi connectivity index (χ3n) is 6.72.